The van der Waals surface area contributed by atoms with Gasteiger partial charge in [-0.15, -0.1) is 0 Å². The Labute approximate surface area is 178 Å². The number of aryl methyl sites for hydroxylation is 1. The SMILES string of the molecule is CCOC(=O)c1[nH]c(C)c(C(=O)OCC(=O)NN2C(=O)NC3(CCCCC3)C2=O)c1C. The van der Waals surface area contributed by atoms with Gasteiger partial charge in [-0.1, -0.05) is 19.3 Å². The summed E-state index contributed by atoms with van der Waals surface area (Å²) in [6.45, 7) is 4.28. The quantitative estimate of drug-likeness (QED) is 0.451. The number of H-pyrrole nitrogens is 1. The Morgan fingerprint density at radius 2 is 1.74 bits per heavy atom. The van der Waals surface area contributed by atoms with Crippen molar-refractivity contribution < 1.29 is 33.4 Å². The van der Waals surface area contributed by atoms with Crippen LogP contribution in [0.3, 0.4) is 0 Å². The third-order valence-electron chi connectivity index (χ3n) is 5.56. The minimum absolute atomic E-state index is 0.118. The van der Waals surface area contributed by atoms with E-state index in [2.05, 4.69) is 15.7 Å². The summed E-state index contributed by atoms with van der Waals surface area (Å²) in [5.41, 5.74) is 2.21. The summed E-state index contributed by atoms with van der Waals surface area (Å²) in [4.78, 5) is 64.3. The zero-order chi connectivity index (χ0) is 22.8. The summed E-state index contributed by atoms with van der Waals surface area (Å²) in [7, 11) is 0. The van der Waals surface area contributed by atoms with Gasteiger partial charge in [0.05, 0.1) is 12.2 Å². The van der Waals surface area contributed by atoms with E-state index < -0.39 is 41.9 Å². The molecule has 0 radical (unpaired) electrons. The number of hydrogen-bond acceptors (Lipinski definition) is 7. The molecule has 1 spiro atoms. The van der Waals surface area contributed by atoms with Gasteiger partial charge in [-0.05, 0) is 39.2 Å². The fraction of sp³-hybridized carbons (Fsp3) is 0.550. The minimum atomic E-state index is -0.970. The average Bonchev–Trinajstić information content (AvgIpc) is 3.15. The van der Waals surface area contributed by atoms with Crippen LogP contribution in [0.1, 0.15) is 71.1 Å². The summed E-state index contributed by atoms with van der Waals surface area (Å²) in [5.74, 6) is -2.76. The van der Waals surface area contributed by atoms with Crippen LogP contribution in [0, 0.1) is 13.8 Å². The van der Waals surface area contributed by atoms with Crippen molar-refractivity contribution in [2.24, 2.45) is 0 Å². The number of ether oxygens (including phenoxy) is 2. The number of carbonyl (C=O) groups excluding carboxylic acids is 5. The van der Waals surface area contributed by atoms with E-state index in [1.54, 1.807) is 20.8 Å². The number of aromatic nitrogens is 1. The molecule has 1 aromatic rings. The van der Waals surface area contributed by atoms with E-state index in [0.29, 0.717) is 29.1 Å². The van der Waals surface area contributed by atoms with Gasteiger partial charge >= 0.3 is 18.0 Å². The van der Waals surface area contributed by atoms with E-state index in [0.717, 1.165) is 19.3 Å². The predicted octanol–water partition coefficient (Wildman–Crippen LogP) is 1.25. The summed E-state index contributed by atoms with van der Waals surface area (Å²) in [5, 5.41) is 3.32. The van der Waals surface area contributed by atoms with Gasteiger partial charge in [0.25, 0.3) is 11.8 Å². The maximum absolute atomic E-state index is 12.7. The normalized spacial score (nSPS) is 17.5. The highest BCUT2D eigenvalue weighted by atomic mass is 16.5. The summed E-state index contributed by atoms with van der Waals surface area (Å²) in [6, 6.07) is -0.706. The van der Waals surface area contributed by atoms with Crippen LogP contribution in [0.15, 0.2) is 0 Å². The molecule has 2 heterocycles. The highest BCUT2D eigenvalue weighted by Crippen LogP contribution is 2.33. The topological polar surface area (TPSA) is 147 Å². The molecular weight excluding hydrogens is 408 g/mol. The van der Waals surface area contributed by atoms with Crippen LogP contribution in [-0.2, 0) is 19.1 Å². The monoisotopic (exact) mass is 434 g/mol. The maximum Gasteiger partial charge on any atom is 0.355 e. The Hall–Kier alpha value is -3.37. The molecule has 3 rings (SSSR count). The smallest absolute Gasteiger partial charge is 0.355 e. The third-order valence-corrected chi connectivity index (χ3v) is 5.56. The van der Waals surface area contributed by atoms with E-state index in [-0.39, 0.29) is 17.9 Å². The fourth-order valence-electron chi connectivity index (χ4n) is 4.04. The van der Waals surface area contributed by atoms with Gasteiger partial charge in [-0.3, -0.25) is 15.0 Å². The first-order valence-electron chi connectivity index (χ1n) is 10.2. The van der Waals surface area contributed by atoms with Crippen LogP contribution in [-0.4, -0.2) is 58.5 Å². The number of hydrazine groups is 1. The molecule has 11 heteroatoms. The Kier molecular flexibility index (Phi) is 6.32. The van der Waals surface area contributed by atoms with Gasteiger partial charge in [0.15, 0.2) is 6.61 Å². The van der Waals surface area contributed by atoms with Gasteiger partial charge < -0.3 is 19.8 Å². The third kappa shape index (κ3) is 4.25. The first-order chi connectivity index (χ1) is 14.7. The highest BCUT2D eigenvalue weighted by molar-refractivity contribution is 6.08. The molecule has 0 unspecified atom stereocenters. The molecule has 3 N–H and O–H groups in total. The Morgan fingerprint density at radius 1 is 1.06 bits per heavy atom. The zero-order valence-corrected chi connectivity index (χ0v) is 17.8. The van der Waals surface area contributed by atoms with E-state index in [1.165, 1.54) is 0 Å². The van der Waals surface area contributed by atoms with E-state index in [1.807, 2.05) is 0 Å². The Balaban J connectivity index is 1.60. The summed E-state index contributed by atoms with van der Waals surface area (Å²) >= 11 is 0. The molecule has 1 saturated heterocycles. The second-order valence-corrected chi connectivity index (χ2v) is 7.67. The number of amides is 4. The van der Waals surface area contributed by atoms with Crippen LogP contribution in [0.2, 0.25) is 0 Å². The van der Waals surface area contributed by atoms with Crippen LogP contribution in [0.25, 0.3) is 0 Å². The van der Waals surface area contributed by atoms with Crippen molar-refractivity contribution in [2.45, 2.75) is 58.4 Å². The van der Waals surface area contributed by atoms with E-state index >= 15 is 0 Å². The van der Waals surface area contributed by atoms with Crippen molar-refractivity contribution >= 4 is 29.8 Å². The molecule has 2 aliphatic rings. The van der Waals surface area contributed by atoms with Gasteiger partial charge in [0.2, 0.25) is 0 Å². The molecule has 0 atom stereocenters. The molecule has 11 nitrogen and oxygen atoms in total. The second-order valence-electron chi connectivity index (χ2n) is 7.67. The molecule has 0 bridgehead atoms. The van der Waals surface area contributed by atoms with E-state index in [4.69, 9.17) is 9.47 Å². The number of nitrogens with one attached hydrogen (secondary N) is 3. The zero-order valence-electron chi connectivity index (χ0n) is 17.8. The predicted molar refractivity (Wildman–Crippen MR) is 106 cm³/mol. The van der Waals surface area contributed by atoms with Crippen molar-refractivity contribution in [3.05, 3.63) is 22.5 Å². The Morgan fingerprint density at radius 3 is 2.39 bits per heavy atom. The standard InChI is InChI=1S/C20H26N4O7/c1-4-30-17(27)15-11(2)14(12(3)21-15)16(26)31-10-13(25)23-24-18(28)20(22-19(24)29)8-6-5-7-9-20/h21H,4-10H2,1-3H3,(H,22,29)(H,23,25). The van der Waals surface area contributed by atoms with Crippen LogP contribution < -0.4 is 10.7 Å². The number of imide groups is 1. The first kappa shape index (κ1) is 22.3. The van der Waals surface area contributed by atoms with Gasteiger partial charge in [-0.2, -0.15) is 5.01 Å². The van der Waals surface area contributed by atoms with Gasteiger partial charge in [-0.25, -0.2) is 14.4 Å². The number of hydrogen-bond donors (Lipinski definition) is 3. The molecule has 1 aromatic heterocycles. The van der Waals surface area contributed by atoms with Crippen LogP contribution in [0.5, 0.6) is 0 Å². The average molecular weight is 434 g/mol. The molecule has 4 amide bonds. The lowest BCUT2D eigenvalue weighted by molar-refractivity contribution is -0.140. The van der Waals surface area contributed by atoms with Gasteiger partial charge in [0.1, 0.15) is 11.2 Å². The number of urea groups is 1. The first-order valence-corrected chi connectivity index (χ1v) is 10.2. The lowest BCUT2D eigenvalue weighted by atomic mass is 9.82. The van der Waals surface area contributed by atoms with Crippen molar-refractivity contribution in [1.82, 2.24) is 20.7 Å². The van der Waals surface area contributed by atoms with E-state index in [9.17, 15) is 24.0 Å². The second kappa shape index (κ2) is 8.78. The largest absolute Gasteiger partial charge is 0.461 e. The number of esters is 2. The molecule has 1 aliphatic heterocycles. The lowest BCUT2D eigenvalue weighted by Crippen LogP contribution is -2.51. The molecule has 31 heavy (non-hydrogen) atoms. The number of rotatable bonds is 6. The van der Waals surface area contributed by atoms with Crippen molar-refractivity contribution in [3.63, 3.8) is 0 Å². The highest BCUT2D eigenvalue weighted by Gasteiger charge is 2.52. The van der Waals surface area contributed by atoms with Crippen LogP contribution >= 0.6 is 0 Å². The van der Waals surface area contributed by atoms with Crippen molar-refractivity contribution in [1.29, 1.82) is 0 Å². The fourth-order valence-corrected chi connectivity index (χ4v) is 4.04. The number of aromatic amines is 1. The molecular formula is C20H26N4O7. The number of carbonyl (C=O) groups is 5. The minimum Gasteiger partial charge on any atom is -0.461 e. The maximum atomic E-state index is 12.7. The molecule has 1 saturated carbocycles. The Bertz CT molecular complexity index is 930. The van der Waals surface area contributed by atoms with Crippen LogP contribution in [0.4, 0.5) is 4.79 Å². The molecule has 2 fully saturated rings. The lowest BCUT2D eigenvalue weighted by Gasteiger charge is -2.30. The summed E-state index contributed by atoms with van der Waals surface area (Å²) < 4.78 is 9.96. The van der Waals surface area contributed by atoms with Crippen molar-refractivity contribution in [3.8, 4) is 0 Å². The molecule has 0 aromatic carbocycles. The van der Waals surface area contributed by atoms with Gasteiger partial charge in [0, 0.05) is 5.69 Å². The van der Waals surface area contributed by atoms with Crippen molar-refractivity contribution in [2.75, 3.05) is 13.2 Å². The molecule has 1 aliphatic carbocycles. The summed E-state index contributed by atoms with van der Waals surface area (Å²) in [6.07, 6.45) is 3.66. The molecule has 168 valence electrons. The number of nitrogens with zero attached hydrogens (tertiary/aromatic N) is 1.